The van der Waals surface area contributed by atoms with Crippen molar-refractivity contribution in [1.82, 2.24) is 34.6 Å². The number of oxazole rings is 1. The molecule has 3 aromatic carbocycles. The Bertz CT molecular complexity index is 3140. The molecule has 0 saturated carbocycles. The summed E-state index contributed by atoms with van der Waals surface area (Å²) in [4.78, 5) is 58.4. The molecule has 0 bridgehead atoms. The summed E-state index contributed by atoms with van der Waals surface area (Å²) in [6, 6.07) is 13.4. The second-order valence-electron chi connectivity index (χ2n) is 19.0. The summed E-state index contributed by atoms with van der Waals surface area (Å²) in [6.07, 6.45) is 0.496. The smallest absolute Gasteiger partial charge is 0.420 e. The van der Waals surface area contributed by atoms with Crippen molar-refractivity contribution in [2.24, 2.45) is 0 Å². The molecular weight excluding hydrogens is 1020 g/mol. The molecule has 16 nitrogen and oxygen atoms in total. The standard InChI is InChI=1S/C51H59BrF3N10O6P/c1-6-30-25-39(59-49-56-29-36(52)47(61-49)58-38-12-11-37-34(46(38)72(4,5)69)10-9-32(7-2)57-37)43(70-8-3)28-41(30)64-19-16-33(17-20-64)63-23-21-62(22-24-63)18-15-31-26-44-42(27-35(31)51(53,54)55)65(50(68)71-44)40-13-14-45(66)60-48(40)67/h9-12,25-29,33,40H,6-8,13-24H2,1-5H3,(H,60,66,67)(H2,56,58,59,61). The van der Waals surface area contributed by atoms with Crippen molar-refractivity contribution in [2.45, 2.75) is 84.0 Å². The molecule has 72 heavy (non-hydrogen) atoms. The third kappa shape index (κ3) is 10.8. The summed E-state index contributed by atoms with van der Waals surface area (Å²) in [5.41, 5.74) is 4.42. The minimum atomic E-state index is -4.71. The van der Waals surface area contributed by atoms with Gasteiger partial charge in [-0.05, 0) is 122 Å². The fourth-order valence-corrected chi connectivity index (χ4v) is 12.1. The Hall–Kier alpha value is -5.82. The number of aromatic nitrogens is 4. The number of piperidine rings is 2. The van der Waals surface area contributed by atoms with Gasteiger partial charge in [-0.1, -0.05) is 19.9 Å². The van der Waals surface area contributed by atoms with Crippen molar-refractivity contribution in [1.29, 1.82) is 0 Å². The fraction of sp³-hybridized carbons (Fsp3) is 0.451. The van der Waals surface area contributed by atoms with Gasteiger partial charge in [-0.15, -0.1) is 0 Å². The maximum absolute atomic E-state index is 14.5. The lowest BCUT2D eigenvalue weighted by Crippen LogP contribution is -2.53. The number of nitrogens with zero attached hydrogens (tertiary/aromatic N) is 7. The van der Waals surface area contributed by atoms with Gasteiger partial charge in [-0.2, -0.15) is 18.2 Å². The number of aryl methyl sites for hydroxylation is 2. The first kappa shape index (κ1) is 51.1. The number of rotatable bonds is 15. The van der Waals surface area contributed by atoms with Crippen molar-refractivity contribution in [3.8, 4) is 5.75 Å². The lowest BCUT2D eigenvalue weighted by Gasteiger charge is -2.43. The topological polar surface area (TPSA) is 180 Å². The number of fused-ring (bicyclic) bond motifs is 2. The summed E-state index contributed by atoms with van der Waals surface area (Å²) in [6.45, 7) is 15.2. The van der Waals surface area contributed by atoms with Crippen LogP contribution < -0.4 is 36.6 Å². The molecule has 3 aromatic heterocycles. The largest absolute Gasteiger partial charge is 0.492 e. The summed E-state index contributed by atoms with van der Waals surface area (Å²) >= 11 is 3.62. The van der Waals surface area contributed by atoms with Crippen LogP contribution in [0.5, 0.6) is 5.75 Å². The van der Waals surface area contributed by atoms with Crippen LogP contribution in [0.25, 0.3) is 22.0 Å². The molecule has 3 fully saturated rings. The first-order chi connectivity index (χ1) is 34.4. The zero-order chi connectivity index (χ0) is 51.1. The molecular formula is C51H59BrF3N10O6P. The van der Waals surface area contributed by atoms with Gasteiger partial charge in [0.25, 0.3) is 0 Å². The second-order valence-corrected chi connectivity index (χ2v) is 23.0. The number of carbonyl (C=O) groups is 2. The van der Waals surface area contributed by atoms with Gasteiger partial charge in [-0.25, -0.2) is 9.78 Å². The third-order valence-corrected chi connectivity index (χ3v) is 16.1. The average molecular weight is 1080 g/mol. The zero-order valence-corrected chi connectivity index (χ0v) is 43.5. The van der Waals surface area contributed by atoms with Gasteiger partial charge in [0.05, 0.1) is 39.1 Å². The highest BCUT2D eigenvalue weighted by Gasteiger charge is 2.37. The van der Waals surface area contributed by atoms with E-state index >= 15 is 0 Å². The van der Waals surface area contributed by atoms with Crippen LogP contribution in [0.3, 0.4) is 0 Å². The van der Waals surface area contributed by atoms with Crippen LogP contribution in [-0.2, 0) is 39.6 Å². The van der Waals surface area contributed by atoms with E-state index in [1.54, 1.807) is 19.5 Å². The number of ether oxygens (including phenoxy) is 1. The minimum Gasteiger partial charge on any atom is -0.492 e. The Morgan fingerprint density at radius 3 is 2.33 bits per heavy atom. The number of nitrogens with one attached hydrogen (secondary N) is 3. The Balaban J connectivity index is 0.833. The van der Waals surface area contributed by atoms with Crippen molar-refractivity contribution >= 4 is 91.0 Å². The van der Waals surface area contributed by atoms with Crippen LogP contribution in [-0.4, -0.2) is 113 Å². The number of benzene rings is 3. The highest BCUT2D eigenvalue weighted by Crippen LogP contribution is 2.43. The second kappa shape index (κ2) is 21.0. The van der Waals surface area contributed by atoms with Crippen LogP contribution in [0.15, 0.2) is 68.4 Å². The summed E-state index contributed by atoms with van der Waals surface area (Å²) in [7, 11) is -2.77. The number of imide groups is 1. The Morgan fingerprint density at radius 1 is 0.889 bits per heavy atom. The molecule has 0 radical (unpaired) electrons. The fourth-order valence-electron chi connectivity index (χ4n) is 10.4. The molecule has 6 aromatic rings. The number of pyridine rings is 1. The van der Waals surface area contributed by atoms with E-state index in [1.165, 1.54) is 6.07 Å². The number of hydrogen-bond donors (Lipinski definition) is 3. The molecule has 21 heteroatoms. The lowest BCUT2D eigenvalue weighted by molar-refractivity contribution is -0.138. The van der Waals surface area contributed by atoms with Gasteiger partial charge >= 0.3 is 11.9 Å². The number of anilines is 5. The number of halogens is 4. The maximum atomic E-state index is 14.5. The summed E-state index contributed by atoms with van der Waals surface area (Å²) < 4.78 is 70.5. The molecule has 3 aliphatic heterocycles. The van der Waals surface area contributed by atoms with Crippen molar-refractivity contribution in [3.05, 3.63) is 92.1 Å². The van der Waals surface area contributed by atoms with Crippen LogP contribution in [0, 0.1) is 0 Å². The third-order valence-electron chi connectivity index (χ3n) is 14.0. The molecule has 0 spiro atoms. The summed E-state index contributed by atoms with van der Waals surface area (Å²) in [5, 5.41) is 10.5. The van der Waals surface area contributed by atoms with E-state index in [0.717, 1.165) is 96.0 Å². The van der Waals surface area contributed by atoms with Crippen molar-refractivity contribution < 1.29 is 36.5 Å². The van der Waals surface area contributed by atoms with E-state index in [-0.39, 0.29) is 35.9 Å². The number of carbonyl (C=O) groups excluding carboxylic acids is 2. The average Bonchev–Trinajstić information content (AvgIpc) is 3.67. The lowest BCUT2D eigenvalue weighted by atomic mass is 9.99. The number of alkyl halides is 3. The van der Waals surface area contributed by atoms with E-state index in [9.17, 15) is 32.1 Å². The Kier molecular flexibility index (Phi) is 14.9. The molecule has 2 amide bonds. The normalized spacial score (nSPS) is 17.7. The molecule has 1 unspecified atom stereocenters. The SMILES string of the molecule is CCOc1cc(N2CCC(N3CCN(CCc4cc5oc(=O)n(C6CCC(=O)NC6=O)c5cc4C(F)(F)F)CC3)CC2)c(CC)cc1Nc1ncc(Br)c(Nc2ccc3nc(CC)ccc3c2P(C)(C)=O)n1. The molecule has 0 aliphatic carbocycles. The number of amides is 2. The van der Waals surface area contributed by atoms with Crippen LogP contribution >= 0.6 is 23.1 Å². The van der Waals surface area contributed by atoms with Crippen LogP contribution in [0.1, 0.15) is 74.9 Å². The first-order valence-corrected chi connectivity index (χ1v) is 28.0. The predicted molar refractivity (Wildman–Crippen MR) is 277 cm³/mol. The number of hydrogen-bond acceptors (Lipinski definition) is 14. The van der Waals surface area contributed by atoms with Gasteiger partial charge in [0.1, 0.15) is 24.8 Å². The highest BCUT2D eigenvalue weighted by molar-refractivity contribution is 9.10. The van der Waals surface area contributed by atoms with E-state index in [1.807, 2.05) is 31.2 Å². The molecule has 6 heterocycles. The van der Waals surface area contributed by atoms with E-state index < -0.39 is 42.5 Å². The molecule has 9 rings (SSSR count). The molecule has 1 atom stereocenters. The van der Waals surface area contributed by atoms with Crippen LogP contribution in [0.2, 0.25) is 0 Å². The van der Waals surface area contributed by atoms with Crippen molar-refractivity contribution in [2.75, 3.05) is 81.3 Å². The summed E-state index contributed by atoms with van der Waals surface area (Å²) in [5.74, 6) is -0.661. The zero-order valence-electron chi connectivity index (χ0n) is 41.0. The van der Waals surface area contributed by atoms with Crippen molar-refractivity contribution in [3.63, 3.8) is 0 Å². The van der Waals surface area contributed by atoms with Gasteiger partial charge in [0.2, 0.25) is 17.8 Å². The van der Waals surface area contributed by atoms with Gasteiger partial charge in [-0.3, -0.25) is 29.4 Å². The quantitative estimate of drug-likeness (QED) is 0.0656. The van der Waals surface area contributed by atoms with E-state index in [0.29, 0.717) is 65.3 Å². The Labute approximate surface area is 423 Å². The van der Waals surface area contributed by atoms with Gasteiger partial charge in [0, 0.05) is 92.6 Å². The van der Waals surface area contributed by atoms with E-state index in [4.69, 9.17) is 19.1 Å². The first-order valence-electron chi connectivity index (χ1n) is 24.6. The Morgan fingerprint density at radius 2 is 1.65 bits per heavy atom. The highest BCUT2D eigenvalue weighted by atomic mass is 79.9. The molecule has 3 saturated heterocycles. The van der Waals surface area contributed by atoms with Crippen LogP contribution in [0.4, 0.5) is 42.0 Å². The van der Waals surface area contributed by atoms with Gasteiger partial charge < -0.3 is 34.2 Å². The molecule has 3 N–H and O–H groups in total. The predicted octanol–water partition coefficient (Wildman–Crippen LogP) is 8.78. The molecule has 382 valence electrons. The van der Waals surface area contributed by atoms with E-state index in [2.05, 4.69) is 77.5 Å². The van der Waals surface area contributed by atoms with Gasteiger partial charge in [0.15, 0.2) is 5.58 Å². The molecule has 3 aliphatic rings. The number of piperazine rings is 1. The maximum Gasteiger partial charge on any atom is 0.420 e. The minimum absolute atomic E-state index is 0.0136. The monoisotopic (exact) mass is 1070 g/mol.